The first-order valence-corrected chi connectivity index (χ1v) is 11.1. The number of nitrogens with zero attached hydrogens (tertiary/aromatic N) is 3. The molecule has 2 atom stereocenters. The van der Waals surface area contributed by atoms with E-state index in [1.54, 1.807) is 26.0 Å². The molecule has 11 heteroatoms. The zero-order valence-electron chi connectivity index (χ0n) is 15.1. The Morgan fingerprint density at radius 1 is 1.33 bits per heavy atom. The fourth-order valence-electron chi connectivity index (χ4n) is 2.97. The molecular formula is C16H19N3O5S3. The van der Waals surface area contributed by atoms with E-state index >= 15 is 0 Å². The number of hydrogen-bond acceptors (Lipinski definition) is 7. The maximum absolute atomic E-state index is 12.6. The van der Waals surface area contributed by atoms with Crippen LogP contribution < -0.4 is 0 Å². The van der Waals surface area contributed by atoms with Crippen molar-refractivity contribution < 1.29 is 23.1 Å². The van der Waals surface area contributed by atoms with E-state index in [-0.39, 0.29) is 10.6 Å². The van der Waals surface area contributed by atoms with Crippen LogP contribution in [0.15, 0.2) is 33.6 Å². The SMILES string of the molecule is Cc1ccc(S(=O)(=O)N(C)SN=C2C(=O)N3[C@@H]2SC(C)(C)[C@@H]3C(=O)O)cc1. The number of carbonyl (C=O) groups is 2. The van der Waals surface area contributed by atoms with Gasteiger partial charge < -0.3 is 10.0 Å². The molecule has 146 valence electrons. The zero-order valence-corrected chi connectivity index (χ0v) is 17.6. The Kier molecular flexibility index (Phi) is 5.08. The number of thioether (sulfide) groups is 1. The third-order valence-electron chi connectivity index (χ3n) is 4.44. The fraction of sp³-hybridized carbons (Fsp3) is 0.438. The highest BCUT2D eigenvalue weighted by molar-refractivity contribution is 8.08. The number of carboxylic acid groups (broad SMARTS) is 1. The Morgan fingerprint density at radius 2 is 1.93 bits per heavy atom. The summed E-state index contributed by atoms with van der Waals surface area (Å²) in [6, 6.07) is 5.50. The normalized spacial score (nSPS) is 25.6. The highest BCUT2D eigenvalue weighted by atomic mass is 32.3. The highest BCUT2D eigenvalue weighted by Crippen LogP contribution is 2.50. The molecule has 8 nitrogen and oxygen atoms in total. The van der Waals surface area contributed by atoms with Gasteiger partial charge in [-0.15, -0.1) is 15.5 Å². The lowest BCUT2D eigenvalue weighted by molar-refractivity contribution is -0.150. The summed E-state index contributed by atoms with van der Waals surface area (Å²) in [6.45, 7) is 5.39. The molecule has 0 aliphatic carbocycles. The quantitative estimate of drug-likeness (QED) is 0.561. The summed E-state index contributed by atoms with van der Waals surface area (Å²) < 4.78 is 29.6. The maximum Gasteiger partial charge on any atom is 0.327 e. The zero-order chi connectivity index (χ0) is 20.1. The van der Waals surface area contributed by atoms with Crippen LogP contribution in [0.4, 0.5) is 0 Å². The van der Waals surface area contributed by atoms with Gasteiger partial charge in [0.05, 0.1) is 17.0 Å². The van der Waals surface area contributed by atoms with Crippen molar-refractivity contribution in [2.75, 3.05) is 7.05 Å². The van der Waals surface area contributed by atoms with Crippen LogP contribution >= 0.6 is 23.9 Å². The van der Waals surface area contributed by atoms with Gasteiger partial charge >= 0.3 is 5.97 Å². The van der Waals surface area contributed by atoms with Gasteiger partial charge in [-0.05, 0) is 32.9 Å². The molecule has 2 saturated heterocycles. The number of benzene rings is 1. The molecule has 3 rings (SSSR count). The van der Waals surface area contributed by atoms with Gasteiger partial charge in [0, 0.05) is 11.8 Å². The van der Waals surface area contributed by atoms with Crippen LogP contribution in [0.1, 0.15) is 19.4 Å². The number of fused-ring (bicyclic) bond motifs is 1. The van der Waals surface area contributed by atoms with E-state index in [1.165, 1.54) is 35.8 Å². The molecule has 0 radical (unpaired) electrons. The molecule has 2 fully saturated rings. The number of amides is 1. The lowest BCUT2D eigenvalue weighted by Gasteiger charge is -2.37. The molecule has 0 saturated carbocycles. The predicted octanol–water partition coefficient (Wildman–Crippen LogP) is 1.77. The number of sulfonamides is 1. The number of hydrogen-bond donors (Lipinski definition) is 1. The first-order chi connectivity index (χ1) is 12.5. The molecule has 1 N–H and O–H groups in total. The second-order valence-corrected chi connectivity index (χ2v) is 11.6. The minimum atomic E-state index is -3.76. The topological polar surface area (TPSA) is 107 Å². The number of aliphatic carboxylic acids is 1. The summed E-state index contributed by atoms with van der Waals surface area (Å²) in [5, 5.41) is 8.93. The Balaban J connectivity index is 1.76. The first-order valence-electron chi connectivity index (χ1n) is 8.01. The fourth-order valence-corrected chi connectivity index (χ4v) is 6.42. The van der Waals surface area contributed by atoms with Gasteiger partial charge in [-0.3, -0.25) is 4.79 Å². The summed E-state index contributed by atoms with van der Waals surface area (Å²) in [7, 11) is -2.40. The Labute approximate surface area is 166 Å². The summed E-state index contributed by atoms with van der Waals surface area (Å²) in [5.74, 6) is -1.53. The van der Waals surface area contributed by atoms with Gasteiger partial charge in [0.25, 0.3) is 15.9 Å². The maximum atomic E-state index is 12.6. The van der Waals surface area contributed by atoms with Crippen molar-refractivity contribution in [2.45, 2.75) is 41.8 Å². The second kappa shape index (κ2) is 6.80. The summed E-state index contributed by atoms with van der Waals surface area (Å²) in [5.41, 5.74) is 1.12. The van der Waals surface area contributed by atoms with Crippen molar-refractivity contribution in [3.05, 3.63) is 29.8 Å². The molecule has 0 spiro atoms. The van der Waals surface area contributed by atoms with Crippen LogP contribution in [0.3, 0.4) is 0 Å². The monoisotopic (exact) mass is 429 g/mol. The second-order valence-electron chi connectivity index (χ2n) is 6.81. The third-order valence-corrected chi connectivity index (χ3v) is 8.78. The number of carboxylic acids is 1. The van der Waals surface area contributed by atoms with Gasteiger partial charge in [-0.1, -0.05) is 17.7 Å². The lowest BCUT2D eigenvalue weighted by Crippen LogP contribution is -2.63. The smallest absolute Gasteiger partial charge is 0.327 e. The van der Waals surface area contributed by atoms with Crippen LogP contribution in [0.2, 0.25) is 0 Å². The van der Waals surface area contributed by atoms with E-state index in [2.05, 4.69) is 4.40 Å². The standard InChI is InChI=1S/C16H19N3O5S3/c1-9-5-7-10(8-6-9)27(23,24)18(4)26-17-11-13(20)19-12(15(21)22)16(2,3)25-14(11)19/h5-8,12,14H,1-4H3,(H,21,22)/t12-,14+/m0/s1. The minimum absolute atomic E-state index is 0.132. The van der Waals surface area contributed by atoms with Crippen LogP contribution in [-0.2, 0) is 19.6 Å². The molecule has 2 aliphatic rings. The highest BCUT2D eigenvalue weighted by Gasteiger charge is 2.62. The number of rotatable bonds is 5. The van der Waals surface area contributed by atoms with Gasteiger partial charge in [0.1, 0.15) is 17.1 Å². The molecular weight excluding hydrogens is 410 g/mol. The molecule has 2 heterocycles. The summed E-state index contributed by atoms with van der Waals surface area (Å²) >= 11 is 1.99. The number of aryl methyl sites for hydroxylation is 1. The van der Waals surface area contributed by atoms with Crippen molar-refractivity contribution in [2.24, 2.45) is 4.40 Å². The molecule has 0 bridgehead atoms. The van der Waals surface area contributed by atoms with Crippen LogP contribution in [0.5, 0.6) is 0 Å². The average Bonchev–Trinajstić information content (AvgIpc) is 2.83. The molecule has 0 unspecified atom stereocenters. The van der Waals surface area contributed by atoms with Crippen LogP contribution in [-0.4, -0.2) is 62.9 Å². The van der Waals surface area contributed by atoms with Crippen LogP contribution in [0.25, 0.3) is 0 Å². The number of β-lactam (4-membered cyclic amide) rings is 1. The largest absolute Gasteiger partial charge is 0.480 e. The Morgan fingerprint density at radius 3 is 2.48 bits per heavy atom. The van der Waals surface area contributed by atoms with Crippen molar-refractivity contribution in [3.63, 3.8) is 0 Å². The summed E-state index contributed by atoms with van der Waals surface area (Å²) in [6.07, 6.45) is 0. The first kappa shape index (κ1) is 20.2. The van der Waals surface area contributed by atoms with Gasteiger partial charge in [0.2, 0.25) is 0 Å². The van der Waals surface area contributed by atoms with Crippen molar-refractivity contribution in [3.8, 4) is 0 Å². The van der Waals surface area contributed by atoms with E-state index in [0.29, 0.717) is 12.1 Å². The van der Waals surface area contributed by atoms with E-state index < -0.39 is 38.1 Å². The molecule has 1 aromatic carbocycles. The van der Waals surface area contributed by atoms with E-state index in [0.717, 1.165) is 9.27 Å². The van der Waals surface area contributed by atoms with E-state index in [1.807, 2.05) is 6.92 Å². The Bertz CT molecular complexity index is 927. The van der Waals surface area contributed by atoms with Gasteiger partial charge in [0.15, 0.2) is 0 Å². The van der Waals surface area contributed by atoms with Crippen molar-refractivity contribution in [1.29, 1.82) is 0 Å². The lowest BCUT2D eigenvalue weighted by atomic mass is 9.98. The Hall–Kier alpha value is -1.56. The van der Waals surface area contributed by atoms with E-state index in [9.17, 15) is 23.1 Å². The third kappa shape index (κ3) is 3.37. The molecule has 1 aromatic rings. The van der Waals surface area contributed by atoms with Gasteiger partial charge in [-0.25, -0.2) is 13.2 Å². The van der Waals surface area contributed by atoms with Crippen LogP contribution in [0, 0.1) is 6.92 Å². The summed E-state index contributed by atoms with van der Waals surface area (Å²) in [4.78, 5) is 25.3. The predicted molar refractivity (Wildman–Crippen MR) is 105 cm³/mol. The molecule has 2 aliphatic heterocycles. The number of carbonyl (C=O) groups excluding carboxylic acids is 1. The molecule has 27 heavy (non-hydrogen) atoms. The van der Waals surface area contributed by atoms with Gasteiger partial charge in [-0.2, -0.15) is 4.40 Å². The molecule has 0 aromatic heterocycles. The van der Waals surface area contributed by atoms with E-state index in [4.69, 9.17) is 0 Å². The minimum Gasteiger partial charge on any atom is -0.480 e. The van der Waals surface area contributed by atoms with Crippen molar-refractivity contribution >= 4 is 51.5 Å². The molecule has 1 amide bonds. The average molecular weight is 430 g/mol. The van der Waals surface area contributed by atoms with Crippen molar-refractivity contribution in [1.82, 2.24) is 8.61 Å².